The van der Waals surface area contributed by atoms with Crippen molar-refractivity contribution in [2.75, 3.05) is 5.32 Å². The van der Waals surface area contributed by atoms with Crippen molar-refractivity contribution >= 4 is 23.5 Å². The summed E-state index contributed by atoms with van der Waals surface area (Å²) < 4.78 is 38.7. The molecule has 3 nitrogen and oxygen atoms in total. The van der Waals surface area contributed by atoms with Crippen molar-refractivity contribution in [1.82, 2.24) is 0 Å². The summed E-state index contributed by atoms with van der Waals surface area (Å²) in [6.45, 7) is 3.30. The van der Waals surface area contributed by atoms with Gasteiger partial charge in [0.25, 0.3) is 5.91 Å². The SMILES string of the molecule is [2H]c1c([2H])c([2H])c(NC(=O)C(=Cc2ccccc2)C(=O)C(C)C)c([2H])c1[2H]. The van der Waals surface area contributed by atoms with Gasteiger partial charge in [-0.05, 0) is 23.7 Å². The maximum absolute atomic E-state index is 12.7. The van der Waals surface area contributed by atoms with E-state index in [0.717, 1.165) is 0 Å². The first-order valence-electron chi connectivity index (χ1n) is 9.34. The zero-order valence-electron chi connectivity index (χ0n) is 17.4. The molecule has 0 unspecified atom stereocenters. The number of hydrogen-bond donors (Lipinski definition) is 1. The van der Waals surface area contributed by atoms with E-state index in [-0.39, 0.29) is 11.3 Å². The first-order valence-corrected chi connectivity index (χ1v) is 6.84. The van der Waals surface area contributed by atoms with E-state index in [1.807, 2.05) is 0 Å². The number of amides is 1. The Hall–Kier alpha value is -2.68. The number of Topliss-reactive ketones (excluding diaryl/α,β-unsaturated/α-hetero) is 1. The maximum atomic E-state index is 12.7. The number of benzene rings is 2. The monoisotopic (exact) mass is 298 g/mol. The molecule has 0 fully saturated rings. The summed E-state index contributed by atoms with van der Waals surface area (Å²) in [7, 11) is 0. The number of para-hydroxylation sites is 1. The Labute approximate surface area is 137 Å². The standard InChI is InChI=1S/C19H19NO2/c1-14(2)18(21)17(13-15-9-5-3-6-10-15)19(22)20-16-11-7-4-8-12-16/h3-14H,1-2H3,(H,20,22)/i4D,7D,8D,11D,12D. The minimum absolute atomic E-state index is 0.150. The highest BCUT2D eigenvalue weighted by Gasteiger charge is 2.21. The number of hydrogen-bond acceptors (Lipinski definition) is 2. The minimum atomic E-state index is -0.823. The van der Waals surface area contributed by atoms with Crippen molar-refractivity contribution in [2.24, 2.45) is 5.92 Å². The summed E-state index contributed by atoms with van der Waals surface area (Å²) in [6.07, 6.45) is 1.42. The zero-order valence-corrected chi connectivity index (χ0v) is 12.4. The topological polar surface area (TPSA) is 46.2 Å². The van der Waals surface area contributed by atoms with Crippen LogP contribution >= 0.6 is 0 Å². The summed E-state index contributed by atoms with van der Waals surface area (Å²) in [5.41, 5.74) is 0.127. The van der Waals surface area contributed by atoms with Crippen molar-refractivity contribution in [3.05, 3.63) is 71.7 Å². The second-order valence-corrected chi connectivity index (χ2v) is 4.94. The number of rotatable bonds is 5. The molecule has 0 atom stereocenters. The molecule has 0 saturated heterocycles. The Morgan fingerprint density at radius 3 is 2.32 bits per heavy atom. The van der Waals surface area contributed by atoms with Crippen molar-refractivity contribution in [3.63, 3.8) is 0 Å². The maximum Gasteiger partial charge on any atom is 0.259 e. The first-order chi connectivity index (χ1) is 12.6. The second kappa shape index (κ2) is 7.36. The Morgan fingerprint density at radius 1 is 1.09 bits per heavy atom. The van der Waals surface area contributed by atoms with E-state index in [9.17, 15) is 9.59 Å². The summed E-state index contributed by atoms with van der Waals surface area (Å²) in [5.74, 6) is -1.69. The highest BCUT2D eigenvalue weighted by molar-refractivity contribution is 6.26. The van der Waals surface area contributed by atoms with E-state index >= 15 is 0 Å². The van der Waals surface area contributed by atoms with Gasteiger partial charge in [0, 0.05) is 11.6 Å². The molecule has 112 valence electrons. The van der Waals surface area contributed by atoms with Gasteiger partial charge in [-0.1, -0.05) is 62.3 Å². The van der Waals surface area contributed by atoms with Crippen LogP contribution in [0.2, 0.25) is 0 Å². The molecule has 0 aliphatic carbocycles. The van der Waals surface area contributed by atoms with E-state index in [1.54, 1.807) is 44.2 Å². The predicted octanol–water partition coefficient (Wildman–Crippen LogP) is 3.93. The smallest absolute Gasteiger partial charge is 0.259 e. The number of anilines is 1. The molecule has 0 spiro atoms. The van der Waals surface area contributed by atoms with Gasteiger partial charge in [0.15, 0.2) is 5.78 Å². The van der Waals surface area contributed by atoms with Gasteiger partial charge in [-0.25, -0.2) is 0 Å². The van der Waals surface area contributed by atoms with E-state index in [4.69, 9.17) is 6.85 Å². The fraction of sp³-hybridized carbons (Fsp3) is 0.158. The van der Waals surface area contributed by atoms with E-state index in [2.05, 4.69) is 5.32 Å². The lowest BCUT2D eigenvalue weighted by atomic mass is 9.98. The van der Waals surface area contributed by atoms with Gasteiger partial charge in [0.1, 0.15) is 0 Å². The Kier molecular flexibility index (Phi) is 3.39. The van der Waals surface area contributed by atoms with Crippen LogP contribution < -0.4 is 5.32 Å². The van der Waals surface area contributed by atoms with Crippen LogP contribution in [0, 0.1) is 5.92 Å². The molecule has 22 heavy (non-hydrogen) atoms. The highest BCUT2D eigenvalue weighted by Crippen LogP contribution is 2.15. The lowest BCUT2D eigenvalue weighted by molar-refractivity contribution is -0.121. The molecule has 0 heterocycles. The molecule has 0 bridgehead atoms. The Morgan fingerprint density at radius 2 is 1.73 bits per heavy atom. The zero-order chi connectivity index (χ0) is 20.3. The van der Waals surface area contributed by atoms with Gasteiger partial charge in [-0.2, -0.15) is 0 Å². The fourth-order valence-electron chi connectivity index (χ4n) is 1.77. The Bertz CT molecular complexity index is 894. The molecular formula is C19H19NO2. The van der Waals surface area contributed by atoms with Gasteiger partial charge in [0.2, 0.25) is 0 Å². The molecule has 0 saturated carbocycles. The van der Waals surface area contributed by atoms with Crippen LogP contribution in [-0.4, -0.2) is 11.7 Å². The van der Waals surface area contributed by atoms with Crippen LogP contribution in [0.4, 0.5) is 5.69 Å². The van der Waals surface area contributed by atoms with Crippen LogP contribution in [0.25, 0.3) is 6.08 Å². The molecule has 1 amide bonds. The summed E-state index contributed by atoms with van der Waals surface area (Å²) in [4.78, 5) is 25.2. The second-order valence-electron chi connectivity index (χ2n) is 4.94. The normalized spacial score (nSPS) is 14.5. The summed E-state index contributed by atoms with van der Waals surface area (Å²) >= 11 is 0. The predicted molar refractivity (Wildman–Crippen MR) is 89.3 cm³/mol. The number of ketones is 1. The van der Waals surface area contributed by atoms with E-state index in [1.165, 1.54) is 6.08 Å². The number of carbonyl (C=O) groups excluding carboxylic acids is 2. The molecule has 0 aromatic heterocycles. The average molecular weight is 298 g/mol. The minimum Gasteiger partial charge on any atom is -0.322 e. The first kappa shape index (κ1) is 10.1. The summed E-state index contributed by atoms with van der Waals surface area (Å²) in [6, 6.07) is 6.03. The van der Waals surface area contributed by atoms with Crippen LogP contribution in [0.3, 0.4) is 0 Å². The summed E-state index contributed by atoms with van der Waals surface area (Å²) in [5, 5.41) is 2.32. The molecular weight excluding hydrogens is 274 g/mol. The molecule has 2 aromatic rings. The Balaban J connectivity index is 2.50. The largest absolute Gasteiger partial charge is 0.322 e. The van der Waals surface area contributed by atoms with E-state index < -0.39 is 47.8 Å². The average Bonchev–Trinajstić information content (AvgIpc) is 2.66. The molecule has 1 N–H and O–H groups in total. The van der Waals surface area contributed by atoms with Crippen molar-refractivity contribution < 1.29 is 16.4 Å². The quantitative estimate of drug-likeness (QED) is 0.516. The third-order valence-electron chi connectivity index (χ3n) is 2.88. The fourth-order valence-corrected chi connectivity index (χ4v) is 1.77. The highest BCUT2D eigenvalue weighted by atomic mass is 16.2. The molecule has 3 heteroatoms. The van der Waals surface area contributed by atoms with Gasteiger partial charge < -0.3 is 5.32 Å². The van der Waals surface area contributed by atoms with Crippen molar-refractivity contribution in [1.29, 1.82) is 0 Å². The number of nitrogens with one attached hydrogen (secondary N) is 1. The van der Waals surface area contributed by atoms with Crippen LogP contribution in [-0.2, 0) is 9.59 Å². The van der Waals surface area contributed by atoms with Crippen LogP contribution in [0.1, 0.15) is 26.3 Å². The number of carbonyl (C=O) groups is 2. The molecule has 0 aliphatic rings. The van der Waals surface area contributed by atoms with Crippen molar-refractivity contribution in [2.45, 2.75) is 13.8 Å². The third kappa shape index (κ3) is 4.16. The third-order valence-corrected chi connectivity index (χ3v) is 2.88. The van der Waals surface area contributed by atoms with Gasteiger partial charge >= 0.3 is 0 Å². The molecule has 2 rings (SSSR count). The molecule has 2 aromatic carbocycles. The van der Waals surface area contributed by atoms with Crippen molar-refractivity contribution in [3.8, 4) is 0 Å². The lowest BCUT2D eigenvalue weighted by Crippen LogP contribution is -2.23. The molecule has 0 radical (unpaired) electrons. The lowest BCUT2D eigenvalue weighted by Gasteiger charge is -2.10. The van der Waals surface area contributed by atoms with Crippen LogP contribution in [0.15, 0.2) is 66.1 Å². The van der Waals surface area contributed by atoms with Gasteiger partial charge in [-0.3, -0.25) is 9.59 Å². The molecule has 0 aliphatic heterocycles. The van der Waals surface area contributed by atoms with E-state index in [0.29, 0.717) is 5.56 Å². The van der Waals surface area contributed by atoms with Gasteiger partial charge in [0.05, 0.1) is 12.4 Å². The van der Waals surface area contributed by atoms with Gasteiger partial charge in [-0.15, -0.1) is 0 Å². The van der Waals surface area contributed by atoms with Crippen LogP contribution in [0.5, 0.6) is 0 Å².